The Morgan fingerprint density at radius 1 is 1.38 bits per heavy atom. The van der Waals surface area contributed by atoms with Crippen LogP contribution >= 0.6 is 0 Å². The second-order valence-corrected chi connectivity index (χ2v) is 4.89. The van der Waals surface area contributed by atoms with Crippen LogP contribution in [0.2, 0.25) is 0 Å². The Morgan fingerprint density at radius 3 is 2.71 bits per heavy atom. The van der Waals surface area contributed by atoms with Crippen LogP contribution in [0.3, 0.4) is 0 Å². The van der Waals surface area contributed by atoms with Crippen molar-refractivity contribution in [2.45, 2.75) is 12.5 Å². The number of rotatable bonds is 5. The smallest absolute Gasteiger partial charge is 0.307 e. The zero-order chi connectivity index (χ0) is 17.7. The van der Waals surface area contributed by atoms with Crippen molar-refractivity contribution < 1.29 is 23.1 Å². The van der Waals surface area contributed by atoms with Crippen LogP contribution in [0, 0.1) is 23.0 Å². The number of esters is 1. The summed E-state index contributed by atoms with van der Waals surface area (Å²) in [6.07, 6.45) is 0.999. The number of benzene rings is 1. The summed E-state index contributed by atoms with van der Waals surface area (Å²) in [5.74, 6) is -2.99. The monoisotopic (exact) mass is 333 g/mol. The van der Waals surface area contributed by atoms with E-state index in [1.165, 1.54) is 12.3 Å². The van der Waals surface area contributed by atoms with Crippen molar-refractivity contribution in [1.29, 1.82) is 5.26 Å². The van der Waals surface area contributed by atoms with Crippen LogP contribution in [0.1, 0.15) is 34.1 Å². The molecule has 0 saturated heterocycles. The Labute approximate surface area is 136 Å². The van der Waals surface area contributed by atoms with E-state index in [2.05, 4.69) is 15.0 Å². The Balaban J connectivity index is 2.27. The molecule has 0 aliphatic rings. The number of carbonyl (C=O) groups excluding carboxylic acids is 2. The quantitative estimate of drug-likeness (QED) is 0.820. The van der Waals surface area contributed by atoms with E-state index < -0.39 is 29.6 Å². The number of H-pyrrole nitrogens is 1. The van der Waals surface area contributed by atoms with E-state index in [-0.39, 0.29) is 23.2 Å². The van der Waals surface area contributed by atoms with E-state index in [4.69, 9.17) is 5.26 Å². The molecule has 2 aromatic rings. The lowest BCUT2D eigenvalue weighted by molar-refractivity contribution is -0.141. The number of halogens is 2. The van der Waals surface area contributed by atoms with Gasteiger partial charge in [0.15, 0.2) is 0 Å². The number of nitrogens with zero attached hydrogens (tertiary/aromatic N) is 1. The highest BCUT2D eigenvalue weighted by Crippen LogP contribution is 2.22. The minimum atomic E-state index is -1.06. The summed E-state index contributed by atoms with van der Waals surface area (Å²) in [6, 6.07) is 4.94. The molecule has 1 atom stereocenters. The maximum absolute atomic E-state index is 14.0. The maximum atomic E-state index is 14.0. The Hall–Kier alpha value is -3.21. The lowest BCUT2D eigenvalue weighted by Crippen LogP contribution is -2.31. The highest BCUT2D eigenvalue weighted by atomic mass is 19.1. The summed E-state index contributed by atoms with van der Waals surface area (Å²) in [7, 11) is 1.16. The fraction of sp³-hybridized carbons (Fsp3) is 0.188. The number of ether oxygens (including phenoxy) is 1. The summed E-state index contributed by atoms with van der Waals surface area (Å²) < 4.78 is 31.6. The first-order valence-corrected chi connectivity index (χ1v) is 6.85. The fourth-order valence-electron chi connectivity index (χ4n) is 2.10. The molecule has 6 nitrogen and oxygen atoms in total. The third-order valence-electron chi connectivity index (χ3n) is 3.30. The summed E-state index contributed by atoms with van der Waals surface area (Å²) in [4.78, 5) is 26.3. The second-order valence-electron chi connectivity index (χ2n) is 4.89. The third-order valence-corrected chi connectivity index (χ3v) is 3.30. The molecule has 1 aromatic carbocycles. The van der Waals surface area contributed by atoms with Gasteiger partial charge in [0.05, 0.1) is 25.1 Å². The molecule has 0 saturated carbocycles. The number of aromatic nitrogens is 1. The molecule has 1 heterocycles. The standard InChI is InChI=1S/C16H13F2N3O3/c1-24-15(22)6-13(11-3-2-10(17)5-12(11)18)21-16(23)14-4-9(7-19)8-20-14/h2-5,8,13,20H,6H2,1H3,(H,21,23). The molecule has 1 unspecified atom stereocenters. The number of aromatic amines is 1. The summed E-state index contributed by atoms with van der Waals surface area (Å²) in [5.41, 5.74) is 0.267. The van der Waals surface area contributed by atoms with E-state index in [0.717, 1.165) is 19.2 Å². The molecule has 0 fully saturated rings. The van der Waals surface area contributed by atoms with Gasteiger partial charge in [-0.25, -0.2) is 8.78 Å². The van der Waals surface area contributed by atoms with Crippen LogP contribution in [0.5, 0.6) is 0 Å². The molecular formula is C16H13F2N3O3. The van der Waals surface area contributed by atoms with Gasteiger partial charge in [0.2, 0.25) is 0 Å². The van der Waals surface area contributed by atoms with Gasteiger partial charge >= 0.3 is 5.97 Å². The van der Waals surface area contributed by atoms with Gasteiger partial charge in [-0.15, -0.1) is 0 Å². The van der Waals surface area contributed by atoms with Crippen LogP contribution in [0.15, 0.2) is 30.5 Å². The number of amides is 1. The number of nitriles is 1. The summed E-state index contributed by atoms with van der Waals surface area (Å²) in [6.45, 7) is 0. The summed E-state index contributed by atoms with van der Waals surface area (Å²) >= 11 is 0. The highest BCUT2D eigenvalue weighted by molar-refractivity contribution is 5.93. The third kappa shape index (κ3) is 3.95. The molecule has 1 amide bonds. The molecule has 2 rings (SSSR count). The first kappa shape index (κ1) is 17.1. The number of hydrogen-bond acceptors (Lipinski definition) is 4. The van der Waals surface area contributed by atoms with Gasteiger partial charge in [-0.2, -0.15) is 5.26 Å². The topological polar surface area (TPSA) is 95.0 Å². The van der Waals surface area contributed by atoms with Gasteiger partial charge < -0.3 is 15.0 Å². The summed E-state index contributed by atoms with van der Waals surface area (Å²) in [5, 5.41) is 11.2. The molecule has 124 valence electrons. The van der Waals surface area contributed by atoms with Gasteiger partial charge in [0.25, 0.3) is 5.91 Å². The minimum Gasteiger partial charge on any atom is -0.469 e. The largest absolute Gasteiger partial charge is 0.469 e. The minimum absolute atomic E-state index is 0.0535. The molecule has 0 bridgehead atoms. The lowest BCUT2D eigenvalue weighted by Gasteiger charge is -2.18. The second kappa shape index (κ2) is 7.37. The van der Waals surface area contributed by atoms with Gasteiger partial charge in [-0.3, -0.25) is 9.59 Å². The molecular weight excluding hydrogens is 320 g/mol. The molecule has 8 heteroatoms. The van der Waals surface area contributed by atoms with Crippen molar-refractivity contribution in [3.8, 4) is 6.07 Å². The average molecular weight is 333 g/mol. The van der Waals surface area contributed by atoms with Crippen molar-refractivity contribution in [3.05, 3.63) is 58.9 Å². The Morgan fingerprint density at radius 2 is 2.12 bits per heavy atom. The molecule has 0 aliphatic carbocycles. The van der Waals surface area contributed by atoms with E-state index in [0.29, 0.717) is 6.07 Å². The molecule has 24 heavy (non-hydrogen) atoms. The number of hydrogen-bond donors (Lipinski definition) is 2. The lowest BCUT2D eigenvalue weighted by atomic mass is 10.0. The van der Waals surface area contributed by atoms with Crippen LogP contribution in [-0.2, 0) is 9.53 Å². The average Bonchev–Trinajstić information content (AvgIpc) is 3.03. The fourth-order valence-corrected chi connectivity index (χ4v) is 2.10. The van der Waals surface area contributed by atoms with Gasteiger partial charge in [-0.05, 0) is 12.1 Å². The predicted octanol–water partition coefficient (Wildman–Crippen LogP) is 2.20. The molecule has 0 aliphatic heterocycles. The van der Waals surface area contributed by atoms with E-state index in [9.17, 15) is 18.4 Å². The zero-order valence-electron chi connectivity index (χ0n) is 12.6. The van der Waals surface area contributed by atoms with Crippen LogP contribution < -0.4 is 5.32 Å². The Kier molecular flexibility index (Phi) is 5.27. The van der Waals surface area contributed by atoms with Gasteiger partial charge in [0, 0.05) is 17.8 Å². The maximum Gasteiger partial charge on any atom is 0.307 e. The number of carbonyl (C=O) groups is 2. The van der Waals surface area contributed by atoms with Gasteiger partial charge in [0.1, 0.15) is 23.4 Å². The number of methoxy groups -OCH3 is 1. The molecule has 0 spiro atoms. The predicted molar refractivity (Wildman–Crippen MR) is 78.7 cm³/mol. The van der Waals surface area contributed by atoms with Crippen molar-refractivity contribution in [1.82, 2.24) is 10.3 Å². The van der Waals surface area contributed by atoms with E-state index in [1.807, 2.05) is 6.07 Å². The molecule has 0 radical (unpaired) electrons. The number of nitrogens with one attached hydrogen (secondary N) is 2. The van der Waals surface area contributed by atoms with Gasteiger partial charge in [-0.1, -0.05) is 6.07 Å². The zero-order valence-corrected chi connectivity index (χ0v) is 12.6. The first-order chi connectivity index (χ1) is 11.4. The highest BCUT2D eigenvalue weighted by Gasteiger charge is 2.23. The van der Waals surface area contributed by atoms with Crippen molar-refractivity contribution in [2.75, 3.05) is 7.11 Å². The Bertz CT molecular complexity index is 811. The van der Waals surface area contributed by atoms with Crippen molar-refractivity contribution >= 4 is 11.9 Å². The normalized spacial score (nSPS) is 11.4. The SMILES string of the molecule is COC(=O)CC(NC(=O)c1cc(C#N)c[nH]1)c1ccc(F)cc1F. The van der Waals surface area contributed by atoms with Crippen molar-refractivity contribution in [3.63, 3.8) is 0 Å². The van der Waals surface area contributed by atoms with Crippen LogP contribution in [-0.4, -0.2) is 24.0 Å². The molecule has 1 aromatic heterocycles. The molecule has 2 N–H and O–H groups in total. The van der Waals surface area contributed by atoms with Crippen LogP contribution in [0.25, 0.3) is 0 Å². The van der Waals surface area contributed by atoms with Crippen LogP contribution in [0.4, 0.5) is 8.78 Å². The van der Waals surface area contributed by atoms with Crippen molar-refractivity contribution in [2.24, 2.45) is 0 Å². The van der Waals surface area contributed by atoms with E-state index >= 15 is 0 Å². The first-order valence-electron chi connectivity index (χ1n) is 6.85. The van der Waals surface area contributed by atoms with E-state index in [1.54, 1.807) is 0 Å².